The van der Waals surface area contributed by atoms with Crippen molar-refractivity contribution in [1.29, 1.82) is 0 Å². The van der Waals surface area contributed by atoms with Crippen molar-refractivity contribution in [3.05, 3.63) is 70.5 Å². The Morgan fingerprint density at radius 3 is 2.48 bits per heavy atom. The van der Waals surface area contributed by atoms with Gasteiger partial charge in [-0.3, -0.25) is 29.8 Å². The van der Waals surface area contributed by atoms with Crippen LogP contribution in [0.3, 0.4) is 0 Å². The minimum atomic E-state index is -0.393. The van der Waals surface area contributed by atoms with Crippen molar-refractivity contribution in [2.24, 2.45) is 0 Å². The van der Waals surface area contributed by atoms with E-state index in [0.717, 1.165) is 25.7 Å². The average Bonchev–Trinajstić information content (AvgIpc) is 2.80. The molecule has 3 rings (SSSR count). The Morgan fingerprint density at radius 1 is 0.968 bits per heavy atom. The average molecular weight is 439 g/mol. The monoisotopic (exact) mass is 438 g/mol. The Labute approximate surface area is 185 Å². The number of para-hydroxylation sites is 1. The van der Waals surface area contributed by atoms with Crippen LogP contribution in [-0.4, -0.2) is 27.1 Å². The third-order valence-electron chi connectivity index (χ3n) is 4.75. The summed E-state index contributed by atoms with van der Waals surface area (Å²) in [5, 5.41) is 1.08. The zero-order valence-electron chi connectivity index (χ0n) is 17.5. The quantitative estimate of drug-likeness (QED) is 0.231. The zero-order chi connectivity index (χ0) is 22.1. The maximum Gasteiger partial charge on any atom is 0.269 e. The van der Waals surface area contributed by atoms with E-state index in [-0.39, 0.29) is 17.2 Å². The second-order valence-corrected chi connectivity index (χ2v) is 8.03. The van der Waals surface area contributed by atoms with Gasteiger partial charge in [-0.2, -0.15) is 0 Å². The number of carbonyl (C=O) groups is 2. The molecule has 31 heavy (non-hydrogen) atoms. The highest BCUT2D eigenvalue weighted by molar-refractivity contribution is 7.99. The fourth-order valence-corrected chi connectivity index (χ4v) is 3.93. The number of rotatable bonds is 9. The number of unbranched alkanes of at least 4 members (excludes halogenated alkanes) is 3. The number of hydrogen-bond donors (Lipinski definition) is 2. The molecule has 0 aliphatic heterocycles. The minimum Gasteiger partial charge on any atom is -0.287 e. The Kier molecular flexibility index (Phi) is 8.23. The number of fused-ring (bicyclic) bond motifs is 1. The Morgan fingerprint density at radius 2 is 1.71 bits per heavy atom. The van der Waals surface area contributed by atoms with Crippen molar-refractivity contribution in [3.8, 4) is 0 Å². The van der Waals surface area contributed by atoms with Gasteiger partial charge in [-0.05, 0) is 30.7 Å². The summed E-state index contributed by atoms with van der Waals surface area (Å²) >= 11 is 1.18. The van der Waals surface area contributed by atoms with Crippen LogP contribution < -0.4 is 16.4 Å². The largest absolute Gasteiger partial charge is 0.287 e. The van der Waals surface area contributed by atoms with Crippen molar-refractivity contribution < 1.29 is 9.59 Å². The molecule has 1 aromatic heterocycles. The standard InChI is InChI=1S/C23H26N4O3S/c1-2-3-4-10-15-27-22(30)18-13-8-9-14-19(18)24-23(27)31-16-20(28)25-26-21(29)17-11-6-5-7-12-17/h5-9,11-14H,2-4,10,15-16H2,1H3,(H,25,28)(H,26,29). The second kappa shape index (κ2) is 11.3. The lowest BCUT2D eigenvalue weighted by Crippen LogP contribution is -2.42. The molecule has 2 N–H and O–H groups in total. The highest BCUT2D eigenvalue weighted by Gasteiger charge is 2.14. The predicted octanol–water partition coefficient (Wildman–Crippen LogP) is 3.53. The molecule has 8 heteroatoms. The molecule has 0 aliphatic carbocycles. The maximum atomic E-state index is 13.0. The molecule has 0 spiro atoms. The number of carbonyl (C=O) groups excluding carboxylic acids is 2. The number of amides is 2. The van der Waals surface area contributed by atoms with Gasteiger partial charge in [0.2, 0.25) is 5.91 Å². The second-order valence-electron chi connectivity index (χ2n) is 7.09. The van der Waals surface area contributed by atoms with Crippen LogP contribution in [-0.2, 0) is 11.3 Å². The normalized spacial score (nSPS) is 10.7. The third-order valence-corrected chi connectivity index (χ3v) is 5.72. The number of thioether (sulfide) groups is 1. The maximum absolute atomic E-state index is 13.0. The summed E-state index contributed by atoms with van der Waals surface area (Å²) in [6.45, 7) is 2.70. The van der Waals surface area contributed by atoms with E-state index < -0.39 is 5.91 Å². The van der Waals surface area contributed by atoms with E-state index in [2.05, 4.69) is 22.8 Å². The van der Waals surface area contributed by atoms with Crippen LogP contribution in [0, 0.1) is 0 Å². The van der Waals surface area contributed by atoms with E-state index >= 15 is 0 Å². The van der Waals surface area contributed by atoms with E-state index in [4.69, 9.17) is 0 Å². The summed E-state index contributed by atoms with van der Waals surface area (Å²) in [5.41, 5.74) is 5.77. The molecule has 3 aromatic rings. The molecule has 7 nitrogen and oxygen atoms in total. The first-order valence-corrected chi connectivity index (χ1v) is 11.4. The first-order valence-electron chi connectivity index (χ1n) is 10.4. The lowest BCUT2D eigenvalue weighted by atomic mass is 10.2. The molecule has 2 aromatic carbocycles. The fourth-order valence-electron chi connectivity index (χ4n) is 3.11. The first-order chi connectivity index (χ1) is 15.1. The van der Waals surface area contributed by atoms with E-state index in [1.165, 1.54) is 11.8 Å². The zero-order valence-corrected chi connectivity index (χ0v) is 18.3. The third kappa shape index (κ3) is 6.18. The van der Waals surface area contributed by atoms with Crippen LogP contribution in [0.4, 0.5) is 0 Å². The summed E-state index contributed by atoms with van der Waals surface area (Å²) in [7, 11) is 0. The van der Waals surface area contributed by atoms with Gasteiger partial charge in [0.1, 0.15) is 0 Å². The van der Waals surface area contributed by atoms with Crippen LogP contribution in [0.25, 0.3) is 10.9 Å². The number of hydrogen-bond acceptors (Lipinski definition) is 5. The molecule has 1 heterocycles. The van der Waals surface area contributed by atoms with Crippen LogP contribution in [0.5, 0.6) is 0 Å². The molecular formula is C23H26N4O3S. The van der Waals surface area contributed by atoms with Gasteiger partial charge in [-0.25, -0.2) is 4.98 Å². The van der Waals surface area contributed by atoms with Crippen molar-refractivity contribution >= 4 is 34.5 Å². The Balaban J connectivity index is 1.67. The smallest absolute Gasteiger partial charge is 0.269 e. The summed E-state index contributed by atoms with van der Waals surface area (Å²) in [5.74, 6) is -0.751. The molecule has 162 valence electrons. The van der Waals surface area contributed by atoms with E-state index in [1.54, 1.807) is 41.0 Å². The van der Waals surface area contributed by atoms with E-state index in [0.29, 0.717) is 28.2 Å². The molecular weight excluding hydrogens is 412 g/mol. The van der Waals surface area contributed by atoms with Crippen LogP contribution in [0.1, 0.15) is 43.0 Å². The van der Waals surface area contributed by atoms with Gasteiger partial charge in [-0.1, -0.05) is 68.3 Å². The number of hydrazine groups is 1. The van der Waals surface area contributed by atoms with Crippen molar-refractivity contribution in [1.82, 2.24) is 20.4 Å². The van der Waals surface area contributed by atoms with Gasteiger partial charge in [0.05, 0.1) is 16.7 Å². The number of aromatic nitrogens is 2. The van der Waals surface area contributed by atoms with Gasteiger partial charge in [0.25, 0.3) is 11.5 Å². The molecule has 0 atom stereocenters. The van der Waals surface area contributed by atoms with Gasteiger partial charge in [0, 0.05) is 12.1 Å². The summed E-state index contributed by atoms with van der Waals surface area (Å²) in [6.07, 6.45) is 4.13. The molecule has 2 amide bonds. The lowest BCUT2D eigenvalue weighted by molar-refractivity contribution is -0.119. The van der Waals surface area contributed by atoms with Crippen molar-refractivity contribution in [2.45, 2.75) is 44.3 Å². The fraction of sp³-hybridized carbons (Fsp3) is 0.304. The van der Waals surface area contributed by atoms with E-state index in [1.807, 2.05) is 18.2 Å². The molecule has 0 aliphatic rings. The lowest BCUT2D eigenvalue weighted by Gasteiger charge is -2.13. The first kappa shape index (κ1) is 22.6. The summed E-state index contributed by atoms with van der Waals surface area (Å²) < 4.78 is 1.65. The number of nitrogens with one attached hydrogen (secondary N) is 2. The van der Waals surface area contributed by atoms with Crippen molar-refractivity contribution in [2.75, 3.05) is 5.75 Å². The van der Waals surface area contributed by atoms with Gasteiger partial charge in [-0.15, -0.1) is 0 Å². The van der Waals surface area contributed by atoms with Gasteiger partial charge >= 0.3 is 0 Å². The highest BCUT2D eigenvalue weighted by Crippen LogP contribution is 2.18. The topological polar surface area (TPSA) is 93.1 Å². The number of nitrogens with zero attached hydrogens (tertiary/aromatic N) is 2. The van der Waals surface area contributed by atoms with Crippen molar-refractivity contribution in [3.63, 3.8) is 0 Å². The molecule has 0 radical (unpaired) electrons. The minimum absolute atomic E-state index is 0.0226. The predicted molar refractivity (Wildman–Crippen MR) is 123 cm³/mol. The molecule has 0 saturated carbocycles. The van der Waals surface area contributed by atoms with E-state index in [9.17, 15) is 14.4 Å². The van der Waals surface area contributed by atoms with Crippen LogP contribution >= 0.6 is 11.8 Å². The number of benzene rings is 2. The van der Waals surface area contributed by atoms with Gasteiger partial charge in [0.15, 0.2) is 5.16 Å². The van der Waals surface area contributed by atoms with Crippen LogP contribution in [0.2, 0.25) is 0 Å². The molecule has 0 unspecified atom stereocenters. The van der Waals surface area contributed by atoms with Crippen LogP contribution in [0.15, 0.2) is 64.5 Å². The molecule has 0 fully saturated rings. The molecule has 0 saturated heterocycles. The summed E-state index contributed by atoms with van der Waals surface area (Å²) in [6, 6.07) is 15.8. The Hall–Kier alpha value is -3.13. The summed E-state index contributed by atoms with van der Waals surface area (Å²) in [4.78, 5) is 41.9. The highest BCUT2D eigenvalue weighted by atomic mass is 32.2. The Bertz CT molecular complexity index is 1100. The SMILES string of the molecule is CCCCCCn1c(SCC(=O)NNC(=O)c2ccccc2)nc2ccccc2c1=O. The van der Waals surface area contributed by atoms with Gasteiger partial charge < -0.3 is 0 Å². The molecule has 0 bridgehead atoms.